The number of carbonyl (C=O) groups excluding carboxylic acids is 1. The van der Waals surface area contributed by atoms with E-state index in [2.05, 4.69) is 20.5 Å². The van der Waals surface area contributed by atoms with Crippen LogP contribution in [0.5, 0.6) is 0 Å². The summed E-state index contributed by atoms with van der Waals surface area (Å²) in [5.74, 6) is 0.321. The maximum atomic E-state index is 11.9. The minimum atomic E-state index is -0.281. The van der Waals surface area contributed by atoms with Gasteiger partial charge in [0.25, 0.3) is 5.91 Å². The van der Waals surface area contributed by atoms with Crippen LogP contribution in [-0.4, -0.2) is 21.1 Å². The number of aryl methyl sites for hydroxylation is 1. The molecule has 88 valence electrons. The van der Waals surface area contributed by atoms with E-state index in [1.165, 1.54) is 12.4 Å². The zero-order valence-corrected chi connectivity index (χ0v) is 9.95. The van der Waals surface area contributed by atoms with E-state index in [0.29, 0.717) is 16.4 Å². The second-order valence-corrected chi connectivity index (χ2v) is 3.84. The fourth-order valence-electron chi connectivity index (χ4n) is 1.43. The van der Waals surface area contributed by atoms with Crippen LogP contribution in [0.2, 0.25) is 5.02 Å². The van der Waals surface area contributed by atoms with E-state index in [1.807, 2.05) is 6.92 Å². The maximum Gasteiger partial charge on any atom is 0.258 e. The first-order valence-corrected chi connectivity index (χ1v) is 5.53. The third-order valence-electron chi connectivity index (χ3n) is 2.35. The molecule has 2 heterocycles. The van der Waals surface area contributed by atoms with Crippen molar-refractivity contribution in [3.05, 3.63) is 40.8 Å². The smallest absolute Gasteiger partial charge is 0.258 e. The second kappa shape index (κ2) is 4.97. The summed E-state index contributed by atoms with van der Waals surface area (Å²) in [5.41, 5.74) is 1.34. The summed E-state index contributed by atoms with van der Waals surface area (Å²) in [7, 11) is 0. The molecule has 0 atom stereocenters. The van der Waals surface area contributed by atoms with Crippen molar-refractivity contribution in [2.24, 2.45) is 0 Å². The normalized spacial score (nSPS) is 10.2. The van der Waals surface area contributed by atoms with Gasteiger partial charge in [0.15, 0.2) is 0 Å². The number of nitrogens with zero attached hydrogens (tertiary/aromatic N) is 2. The molecule has 0 saturated carbocycles. The zero-order chi connectivity index (χ0) is 12.3. The molecule has 0 aromatic carbocycles. The number of pyridine rings is 1. The van der Waals surface area contributed by atoms with E-state index in [-0.39, 0.29) is 5.91 Å². The lowest BCUT2D eigenvalue weighted by molar-refractivity contribution is 0.102. The maximum absolute atomic E-state index is 11.9. The molecule has 0 aliphatic heterocycles. The van der Waals surface area contributed by atoms with E-state index in [1.54, 1.807) is 12.3 Å². The molecule has 5 nitrogen and oxygen atoms in total. The van der Waals surface area contributed by atoms with Crippen molar-refractivity contribution in [1.82, 2.24) is 15.2 Å². The highest BCUT2D eigenvalue weighted by atomic mass is 35.5. The van der Waals surface area contributed by atoms with Gasteiger partial charge in [-0.1, -0.05) is 18.5 Å². The number of amides is 1. The third kappa shape index (κ3) is 2.45. The molecule has 0 spiro atoms. The van der Waals surface area contributed by atoms with Crippen molar-refractivity contribution >= 4 is 23.3 Å². The number of hydrogen-bond donors (Lipinski definition) is 2. The average molecular weight is 251 g/mol. The highest BCUT2D eigenvalue weighted by Crippen LogP contribution is 2.17. The van der Waals surface area contributed by atoms with Crippen LogP contribution < -0.4 is 5.32 Å². The predicted octanol–water partition coefficient (Wildman–Crippen LogP) is 2.27. The molecule has 0 unspecified atom stereocenters. The average Bonchev–Trinajstić information content (AvgIpc) is 2.76. The van der Waals surface area contributed by atoms with Gasteiger partial charge in [-0.2, -0.15) is 5.10 Å². The summed E-state index contributed by atoms with van der Waals surface area (Å²) >= 11 is 5.88. The van der Waals surface area contributed by atoms with Gasteiger partial charge in [0, 0.05) is 18.0 Å². The van der Waals surface area contributed by atoms with Gasteiger partial charge in [0.05, 0.1) is 16.8 Å². The molecule has 17 heavy (non-hydrogen) atoms. The summed E-state index contributed by atoms with van der Waals surface area (Å²) in [6.45, 7) is 1.99. The van der Waals surface area contributed by atoms with Gasteiger partial charge >= 0.3 is 0 Å². The summed E-state index contributed by atoms with van der Waals surface area (Å²) in [6.07, 6.45) is 5.43. The minimum absolute atomic E-state index is 0.281. The SMILES string of the molecule is CCc1cn[nH]c1NC(=O)c1ccncc1Cl. The Morgan fingerprint density at radius 2 is 2.35 bits per heavy atom. The quantitative estimate of drug-likeness (QED) is 0.878. The van der Waals surface area contributed by atoms with Crippen LogP contribution in [0, 0.1) is 0 Å². The molecule has 0 bridgehead atoms. The van der Waals surface area contributed by atoms with Gasteiger partial charge in [0.2, 0.25) is 0 Å². The third-order valence-corrected chi connectivity index (χ3v) is 2.66. The van der Waals surface area contributed by atoms with E-state index in [0.717, 1.165) is 12.0 Å². The lowest BCUT2D eigenvalue weighted by atomic mass is 10.2. The van der Waals surface area contributed by atoms with Crippen molar-refractivity contribution in [2.45, 2.75) is 13.3 Å². The van der Waals surface area contributed by atoms with Crippen molar-refractivity contribution in [2.75, 3.05) is 5.32 Å². The molecule has 2 N–H and O–H groups in total. The highest BCUT2D eigenvalue weighted by Gasteiger charge is 2.12. The molecule has 0 aliphatic carbocycles. The van der Waals surface area contributed by atoms with Gasteiger partial charge in [-0.05, 0) is 12.5 Å². The van der Waals surface area contributed by atoms with Crippen LogP contribution in [0.1, 0.15) is 22.8 Å². The standard InChI is InChI=1S/C11H11ClN4O/c1-2-7-5-14-16-10(7)15-11(17)8-3-4-13-6-9(8)12/h3-6H,2H2,1H3,(H2,14,15,16,17). The number of hydrogen-bond acceptors (Lipinski definition) is 3. The molecule has 0 radical (unpaired) electrons. The Kier molecular flexibility index (Phi) is 3.39. The van der Waals surface area contributed by atoms with Crippen molar-refractivity contribution in [1.29, 1.82) is 0 Å². The summed E-state index contributed by atoms with van der Waals surface area (Å²) in [4.78, 5) is 15.8. The summed E-state index contributed by atoms with van der Waals surface area (Å²) in [5, 5.41) is 9.66. The second-order valence-electron chi connectivity index (χ2n) is 3.43. The molecule has 6 heteroatoms. The van der Waals surface area contributed by atoms with Gasteiger partial charge in [0.1, 0.15) is 5.82 Å². The van der Waals surface area contributed by atoms with Gasteiger partial charge < -0.3 is 5.32 Å². The monoisotopic (exact) mass is 250 g/mol. The Balaban J connectivity index is 2.20. The number of aromatic amines is 1. The Labute approximate surface area is 103 Å². The fourth-order valence-corrected chi connectivity index (χ4v) is 1.63. The Bertz CT molecular complexity index is 538. The molecule has 1 amide bonds. The van der Waals surface area contributed by atoms with Crippen LogP contribution in [0.4, 0.5) is 5.82 Å². The first-order chi connectivity index (χ1) is 8.22. The van der Waals surface area contributed by atoms with Crippen LogP contribution in [0.25, 0.3) is 0 Å². The Morgan fingerprint density at radius 3 is 3.06 bits per heavy atom. The fraction of sp³-hybridized carbons (Fsp3) is 0.182. The van der Waals surface area contributed by atoms with Crippen LogP contribution in [-0.2, 0) is 6.42 Å². The van der Waals surface area contributed by atoms with E-state index in [4.69, 9.17) is 11.6 Å². The van der Waals surface area contributed by atoms with Crippen molar-refractivity contribution < 1.29 is 4.79 Å². The molecule has 2 rings (SSSR count). The van der Waals surface area contributed by atoms with Crippen molar-refractivity contribution in [3.63, 3.8) is 0 Å². The van der Waals surface area contributed by atoms with E-state index in [9.17, 15) is 4.79 Å². The molecule has 0 fully saturated rings. The number of halogens is 1. The predicted molar refractivity (Wildman–Crippen MR) is 65.2 cm³/mol. The number of carbonyl (C=O) groups is 1. The van der Waals surface area contributed by atoms with E-state index >= 15 is 0 Å². The number of nitrogens with one attached hydrogen (secondary N) is 2. The number of H-pyrrole nitrogens is 1. The topological polar surface area (TPSA) is 70.7 Å². The number of aromatic nitrogens is 3. The summed E-state index contributed by atoms with van der Waals surface area (Å²) < 4.78 is 0. The van der Waals surface area contributed by atoms with Gasteiger partial charge in [-0.25, -0.2) is 0 Å². The van der Waals surface area contributed by atoms with Crippen LogP contribution in [0.15, 0.2) is 24.7 Å². The molecular formula is C11H11ClN4O. The first-order valence-electron chi connectivity index (χ1n) is 5.15. The molecular weight excluding hydrogens is 240 g/mol. The Morgan fingerprint density at radius 1 is 1.53 bits per heavy atom. The molecule has 2 aromatic heterocycles. The van der Waals surface area contributed by atoms with Crippen LogP contribution >= 0.6 is 11.6 Å². The minimum Gasteiger partial charge on any atom is -0.307 e. The molecule has 0 aliphatic rings. The van der Waals surface area contributed by atoms with E-state index < -0.39 is 0 Å². The highest BCUT2D eigenvalue weighted by molar-refractivity contribution is 6.34. The zero-order valence-electron chi connectivity index (χ0n) is 9.20. The summed E-state index contributed by atoms with van der Waals surface area (Å²) in [6, 6.07) is 1.57. The van der Waals surface area contributed by atoms with Crippen molar-refractivity contribution in [3.8, 4) is 0 Å². The lowest BCUT2D eigenvalue weighted by Crippen LogP contribution is -2.14. The van der Waals surface area contributed by atoms with Crippen LogP contribution in [0.3, 0.4) is 0 Å². The van der Waals surface area contributed by atoms with Gasteiger partial charge in [-0.15, -0.1) is 0 Å². The Hall–Kier alpha value is -1.88. The first kappa shape index (κ1) is 11.6. The molecule has 0 saturated heterocycles. The molecule has 2 aromatic rings. The lowest BCUT2D eigenvalue weighted by Gasteiger charge is -2.05. The number of anilines is 1. The van der Waals surface area contributed by atoms with Gasteiger partial charge in [-0.3, -0.25) is 14.9 Å². The number of rotatable bonds is 3. The largest absolute Gasteiger partial charge is 0.307 e.